The maximum absolute atomic E-state index is 12.6. The molecule has 0 radical (unpaired) electrons. The zero-order valence-electron chi connectivity index (χ0n) is 14.6. The van der Waals surface area contributed by atoms with E-state index < -0.39 is 17.9 Å². The number of rotatable bonds is 8. The second kappa shape index (κ2) is 9.15. The van der Waals surface area contributed by atoms with Gasteiger partial charge in [0.25, 0.3) is 0 Å². The van der Waals surface area contributed by atoms with Gasteiger partial charge in [-0.2, -0.15) is 5.26 Å². The van der Waals surface area contributed by atoms with Gasteiger partial charge in [0.05, 0.1) is 17.5 Å². The number of ether oxygens (including phenoxy) is 1. The summed E-state index contributed by atoms with van der Waals surface area (Å²) in [5.41, 5.74) is 6.24. The molecule has 2 heterocycles. The van der Waals surface area contributed by atoms with Gasteiger partial charge in [-0.15, -0.1) is 10.2 Å². The summed E-state index contributed by atoms with van der Waals surface area (Å²) < 4.78 is 6.41. The Labute approximate surface area is 163 Å². The molecule has 0 saturated carbocycles. The second-order valence-electron chi connectivity index (χ2n) is 5.14. The molecule has 1 amide bonds. The molecule has 27 heavy (non-hydrogen) atoms. The van der Waals surface area contributed by atoms with Crippen molar-refractivity contribution in [2.75, 3.05) is 23.4 Å². The van der Waals surface area contributed by atoms with Gasteiger partial charge in [-0.3, -0.25) is 9.36 Å². The largest absolute Gasteiger partial charge is 0.457 e. The first kappa shape index (κ1) is 20.4. The topological polar surface area (TPSA) is 149 Å². The molecular weight excluding hydrogens is 390 g/mol. The van der Waals surface area contributed by atoms with Crippen molar-refractivity contribution in [2.45, 2.75) is 25.0 Å². The fraction of sp³-hybridized carbons (Fsp3) is 0.333. The summed E-state index contributed by atoms with van der Waals surface area (Å²) >= 11 is 2.14. The van der Waals surface area contributed by atoms with E-state index in [4.69, 9.17) is 15.7 Å². The summed E-state index contributed by atoms with van der Waals surface area (Å²) in [6.07, 6.45) is 1.46. The van der Waals surface area contributed by atoms with E-state index in [-0.39, 0.29) is 23.4 Å². The highest BCUT2D eigenvalue weighted by atomic mass is 32.2. The first-order valence-electron chi connectivity index (χ1n) is 7.65. The van der Waals surface area contributed by atoms with Crippen molar-refractivity contribution in [3.05, 3.63) is 23.2 Å². The number of hydrogen-bond acceptors (Lipinski definition) is 10. The van der Waals surface area contributed by atoms with Crippen LogP contribution in [-0.2, 0) is 9.53 Å². The molecule has 0 aliphatic rings. The van der Waals surface area contributed by atoms with Gasteiger partial charge in [0, 0.05) is 0 Å². The Morgan fingerprint density at radius 3 is 2.96 bits per heavy atom. The molecule has 12 heteroatoms. The molecule has 0 aromatic carbocycles. The van der Waals surface area contributed by atoms with Crippen molar-refractivity contribution in [3.8, 4) is 6.07 Å². The van der Waals surface area contributed by atoms with Crippen molar-refractivity contribution in [1.82, 2.24) is 19.7 Å². The minimum absolute atomic E-state index is 0.0575. The summed E-state index contributed by atoms with van der Waals surface area (Å²) in [6, 6.07) is 1.23. The molecular formula is C15H17N7O3S2. The van der Waals surface area contributed by atoms with Crippen LogP contribution in [0.5, 0.6) is 0 Å². The summed E-state index contributed by atoms with van der Waals surface area (Å²) in [5.74, 6) is -0.743. The molecule has 10 nitrogen and oxygen atoms in total. The number of nitriles is 1. The number of nitrogen functional groups attached to an aromatic ring is 1. The third kappa shape index (κ3) is 4.83. The number of anilines is 2. The van der Waals surface area contributed by atoms with Gasteiger partial charge < -0.3 is 15.8 Å². The molecule has 3 N–H and O–H groups in total. The number of nitrogens with one attached hydrogen (secondary N) is 1. The minimum Gasteiger partial charge on any atom is -0.457 e. The Kier molecular flexibility index (Phi) is 6.91. The van der Waals surface area contributed by atoms with Crippen molar-refractivity contribution < 1.29 is 14.3 Å². The Morgan fingerprint density at radius 2 is 2.30 bits per heavy atom. The van der Waals surface area contributed by atoms with Gasteiger partial charge in [-0.05, 0) is 13.8 Å². The van der Waals surface area contributed by atoms with E-state index in [1.807, 2.05) is 6.07 Å². The van der Waals surface area contributed by atoms with Gasteiger partial charge in [-0.1, -0.05) is 35.8 Å². The van der Waals surface area contributed by atoms with Crippen LogP contribution in [0.1, 0.15) is 28.3 Å². The number of carbonyl (C=O) groups is 2. The lowest BCUT2D eigenvalue weighted by Gasteiger charge is -2.14. The zero-order chi connectivity index (χ0) is 20.0. The number of amides is 1. The van der Waals surface area contributed by atoms with Crippen molar-refractivity contribution in [1.29, 1.82) is 5.26 Å². The summed E-state index contributed by atoms with van der Waals surface area (Å²) in [7, 11) is 0. The van der Waals surface area contributed by atoms with Crippen LogP contribution in [0.15, 0.2) is 17.8 Å². The summed E-state index contributed by atoms with van der Waals surface area (Å²) in [4.78, 5) is 29.0. The fourth-order valence-electron chi connectivity index (χ4n) is 2.01. The van der Waals surface area contributed by atoms with E-state index >= 15 is 0 Å². The molecule has 0 aliphatic carbocycles. The van der Waals surface area contributed by atoms with Crippen molar-refractivity contribution in [3.63, 3.8) is 0 Å². The smallest absolute Gasteiger partial charge is 0.350 e. The zero-order valence-corrected chi connectivity index (χ0v) is 16.3. The SMILES string of the molecule is C=CCOC(=O)c1sc(NC(=O)C(C)n2c(N)nnc2SCC#N)nc1C. The van der Waals surface area contributed by atoms with Crippen LogP contribution in [0.4, 0.5) is 11.1 Å². The molecule has 2 aromatic heterocycles. The van der Waals surface area contributed by atoms with Crippen molar-refractivity contribution >= 4 is 46.1 Å². The van der Waals surface area contributed by atoms with E-state index in [2.05, 4.69) is 27.1 Å². The third-order valence-electron chi connectivity index (χ3n) is 3.27. The van der Waals surface area contributed by atoms with Crippen LogP contribution in [0.2, 0.25) is 0 Å². The van der Waals surface area contributed by atoms with E-state index in [9.17, 15) is 9.59 Å². The molecule has 2 aromatic rings. The summed E-state index contributed by atoms with van der Waals surface area (Å²) in [6.45, 7) is 6.83. The maximum atomic E-state index is 12.6. The molecule has 0 bridgehead atoms. The number of thiazole rings is 1. The van der Waals surface area contributed by atoms with E-state index in [1.165, 1.54) is 10.6 Å². The van der Waals surface area contributed by atoms with E-state index in [0.717, 1.165) is 23.1 Å². The second-order valence-corrected chi connectivity index (χ2v) is 7.09. The normalized spacial score (nSPS) is 11.4. The molecule has 1 unspecified atom stereocenters. The maximum Gasteiger partial charge on any atom is 0.350 e. The molecule has 0 spiro atoms. The number of aryl methyl sites for hydroxylation is 1. The Balaban J connectivity index is 2.14. The quantitative estimate of drug-likeness (QED) is 0.379. The number of thioether (sulfide) groups is 1. The first-order valence-corrected chi connectivity index (χ1v) is 9.45. The number of hydrogen-bond donors (Lipinski definition) is 2. The van der Waals surface area contributed by atoms with Crippen LogP contribution < -0.4 is 11.1 Å². The predicted octanol–water partition coefficient (Wildman–Crippen LogP) is 1.78. The predicted molar refractivity (Wildman–Crippen MR) is 101 cm³/mol. The summed E-state index contributed by atoms with van der Waals surface area (Å²) in [5, 5.41) is 19.6. The lowest BCUT2D eigenvalue weighted by atomic mass is 10.3. The van der Waals surface area contributed by atoms with Crippen LogP contribution in [0.3, 0.4) is 0 Å². The number of aromatic nitrogens is 4. The molecule has 0 saturated heterocycles. The monoisotopic (exact) mass is 407 g/mol. The molecule has 0 aliphatic heterocycles. The first-order chi connectivity index (χ1) is 12.9. The molecule has 142 valence electrons. The Bertz CT molecular complexity index is 900. The van der Waals surface area contributed by atoms with Gasteiger partial charge >= 0.3 is 5.97 Å². The lowest BCUT2D eigenvalue weighted by Crippen LogP contribution is -2.25. The Morgan fingerprint density at radius 1 is 1.56 bits per heavy atom. The molecule has 2 rings (SSSR count). The van der Waals surface area contributed by atoms with E-state index in [1.54, 1.807) is 13.8 Å². The number of nitrogens with two attached hydrogens (primary N) is 1. The third-order valence-corrected chi connectivity index (χ3v) is 5.13. The van der Waals surface area contributed by atoms with Crippen LogP contribution in [0, 0.1) is 18.3 Å². The van der Waals surface area contributed by atoms with Gasteiger partial charge in [0.15, 0.2) is 10.3 Å². The number of carbonyl (C=O) groups excluding carboxylic acids is 2. The number of nitrogens with zero attached hydrogens (tertiary/aromatic N) is 5. The van der Waals surface area contributed by atoms with Crippen LogP contribution in [-0.4, -0.2) is 44.0 Å². The Hall–Kier alpha value is -2.91. The van der Waals surface area contributed by atoms with E-state index in [0.29, 0.717) is 15.7 Å². The average Bonchev–Trinajstić information content (AvgIpc) is 3.19. The lowest BCUT2D eigenvalue weighted by molar-refractivity contribution is -0.118. The highest BCUT2D eigenvalue weighted by molar-refractivity contribution is 7.99. The average molecular weight is 407 g/mol. The van der Waals surface area contributed by atoms with Crippen LogP contribution >= 0.6 is 23.1 Å². The van der Waals surface area contributed by atoms with Gasteiger partial charge in [0.1, 0.15) is 17.5 Å². The number of esters is 1. The molecule has 0 fully saturated rings. The van der Waals surface area contributed by atoms with Crippen molar-refractivity contribution in [2.24, 2.45) is 0 Å². The van der Waals surface area contributed by atoms with Gasteiger partial charge in [-0.25, -0.2) is 9.78 Å². The fourth-order valence-corrected chi connectivity index (χ4v) is 3.56. The highest BCUT2D eigenvalue weighted by Crippen LogP contribution is 2.26. The van der Waals surface area contributed by atoms with Crippen LogP contribution in [0.25, 0.3) is 0 Å². The highest BCUT2D eigenvalue weighted by Gasteiger charge is 2.24. The standard InChI is InChI=1S/C15H17N7O3S2/c1-4-6-25-12(24)10-8(2)18-14(27-10)19-11(23)9(3)22-13(17)20-21-15(22)26-7-5-16/h4,9H,1,6-7H2,2-3H3,(H2,17,20)(H,18,19,23). The molecule has 1 atom stereocenters. The minimum atomic E-state index is -0.749. The van der Waals surface area contributed by atoms with Gasteiger partial charge in [0.2, 0.25) is 11.9 Å².